The van der Waals surface area contributed by atoms with Gasteiger partial charge in [-0.05, 0) is 122 Å². The molecule has 0 saturated carbocycles. The van der Waals surface area contributed by atoms with E-state index in [1.54, 1.807) is 0 Å². The van der Waals surface area contributed by atoms with Crippen LogP contribution in [0.15, 0.2) is 109 Å². The molecule has 0 heterocycles. The van der Waals surface area contributed by atoms with Gasteiger partial charge >= 0.3 is 17.9 Å². The molecule has 0 bridgehead atoms. The molecule has 0 spiro atoms. The molecule has 1 atom stereocenters. The van der Waals surface area contributed by atoms with E-state index in [2.05, 4.69) is 130 Å². The molecule has 440 valence electrons. The summed E-state index contributed by atoms with van der Waals surface area (Å²) in [5.41, 5.74) is 0. The van der Waals surface area contributed by atoms with Crippen molar-refractivity contribution in [1.29, 1.82) is 0 Å². The summed E-state index contributed by atoms with van der Waals surface area (Å²) in [5.74, 6) is -0.917. The zero-order valence-electron chi connectivity index (χ0n) is 50.4. The van der Waals surface area contributed by atoms with Crippen LogP contribution in [0.4, 0.5) is 0 Å². The Labute approximate surface area is 476 Å². The van der Waals surface area contributed by atoms with E-state index < -0.39 is 6.10 Å². The van der Waals surface area contributed by atoms with Crippen molar-refractivity contribution in [2.75, 3.05) is 13.2 Å². The predicted octanol–water partition coefficient (Wildman–Crippen LogP) is 22.2. The van der Waals surface area contributed by atoms with Crippen LogP contribution >= 0.6 is 0 Å². The highest BCUT2D eigenvalue weighted by Gasteiger charge is 2.19. The average molecular weight is 1070 g/mol. The molecule has 0 rings (SSSR count). The third-order valence-corrected chi connectivity index (χ3v) is 13.7. The van der Waals surface area contributed by atoms with E-state index in [1.165, 1.54) is 148 Å². The second kappa shape index (κ2) is 64.6. The zero-order chi connectivity index (χ0) is 55.7. The fourth-order valence-electron chi connectivity index (χ4n) is 8.95. The highest BCUT2D eigenvalue weighted by Crippen LogP contribution is 2.16. The molecular weight excluding hydrogens is 949 g/mol. The number of hydrogen-bond acceptors (Lipinski definition) is 6. The topological polar surface area (TPSA) is 78.9 Å². The molecule has 0 saturated heterocycles. The van der Waals surface area contributed by atoms with Crippen LogP contribution in [0.2, 0.25) is 0 Å². The maximum Gasteiger partial charge on any atom is 0.306 e. The molecule has 0 aromatic rings. The number of carbonyl (C=O) groups excluding carboxylic acids is 3. The van der Waals surface area contributed by atoms with Crippen LogP contribution < -0.4 is 0 Å². The summed E-state index contributed by atoms with van der Waals surface area (Å²) < 4.78 is 16.9. The number of hydrogen-bond donors (Lipinski definition) is 0. The number of unbranched alkanes of at least 4 members (excludes halogenated alkanes) is 29. The molecule has 0 fully saturated rings. The summed E-state index contributed by atoms with van der Waals surface area (Å²) >= 11 is 0. The van der Waals surface area contributed by atoms with Gasteiger partial charge in [0.25, 0.3) is 0 Å². The van der Waals surface area contributed by atoms with Gasteiger partial charge in [0, 0.05) is 19.3 Å². The van der Waals surface area contributed by atoms with E-state index in [4.69, 9.17) is 14.2 Å². The molecule has 6 heteroatoms. The van der Waals surface area contributed by atoms with E-state index in [1.807, 2.05) is 0 Å². The van der Waals surface area contributed by atoms with E-state index >= 15 is 0 Å². The van der Waals surface area contributed by atoms with Gasteiger partial charge in [0.1, 0.15) is 13.2 Å². The lowest BCUT2D eigenvalue weighted by atomic mass is 10.0. The summed E-state index contributed by atoms with van der Waals surface area (Å²) in [6.45, 7) is 6.40. The van der Waals surface area contributed by atoms with Crippen molar-refractivity contribution in [2.24, 2.45) is 0 Å². The van der Waals surface area contributed by atoms with Crippen molar-refractivity contribution in [3.05, 3.63) is 109 Å². The van der Waals surface area contributed by atoms with Crippen LogP contribution in [0.3, 0.4) is 0 Å². The first kappa shape index (κ1) is 73.1. The Kier molecular flexibility index (Phi) is 61.3. The summed E-state index contributed by atoms with van der Waals surface area (Å²) in [4.78, 5) is 38.3. The Morgan fingerprint density at radius 2 is 0.506 bits per heavy atom. The summed E-state index contributed by atoms with van der Waals surface area (Å²) in [7, 11) is 0. The standard InChI is InChI=1S/C71H120O6/c1-4-7-10-13-16-19-22-25-27-29-31-32-33-34-35-36-37-38-40-41-43-46-49-52-55-58-61-64-70(73)76-67-68(66-75-69(72)63-60-57-54-51-48-45-24-21-18-15-12-9-6-3)77-71(74)65-62-59-56-53-50-47-44-42-39-30-28-26-23-20-17-14-11-8-5-2/h7,9-10,12,16,18-19,21,25-28,31-32,34-35,45,48,68H,4-6,8,11,13-15,17,20,22-24,29-30,33,36-44,46-47,49-67H2,1-3H3/b10-7-,12-9-,19-16-,21-18-,27-25-,28-26-,32-31-,35-34-,48-45-. The van der Waals surface area contributed by atoms with Crippen LogP contribution in [0, 0.1) is 0 Å². The van der Waals surface area contributed by atoms with Gasteiger partial charge in [-0.25, -0.2) is 0 Å². The van der Waals surface area contributed by atoms with Gasteiger partial charge in [-0.15, -0.1) is 0 Å². The monoisotopic (exact) mass is 1070 g/mol. The van der Waals surface area contributed by atoms with Gasteiger partial charge in [0.2, 0.25) is 0 Å². The Morgan fingerprint density at radius 1 is 0.273 bits per heavy atom. The lowest BCUT2D eigenvalue weighted by Gasteiger charge is -2.18. The molecule has 0 aliphatic carbocycles. The van der Waals surface area contributed by atoms with Crippen LogP contribution in [0.5, 0.6) is 0 Å². The number of rotatable bonds is 58. The zero-order valence-corrected chi connectivity index (χ0v) is 50.4. The van der Waals surface area contributed by atoms with E-state index in [9.17, 15) is 14.4 Å². The number of carbonyl (C=O) groups is 3. The van der Waals surface area contributed by atoms with Gasteiger partial charge in [-0.1, -0.05) is 271 Å². The molecule has 0 radical (unpaired) electrons. The molecule has 77 heavy (non-hydrogen) atoms. The first-order chi connectivity index (χ1) is 38.0. The second-order valence-electron chi connectivity index (χ2n) is 21.3. The van der Waals surface area contributed by atoms with Gasteiger partial charge in [-0.2, -0.15) is 0 Å². The Hall–Kier alpha value is -3.93. The van der Waals surface area contributed by atoms with E-state index in [0.717, 1.165) is 116 Å². The van der Waals surface area contributed by atoms with Crippen LogP contribution in [-0.4, -0.2) is 37.2 Å². The lowest BCUT2D eigenvalue weighted by molar-refractivity contribution is -0.167. The predicted molar refractivity (Wildman–Crippen MR) is 334 cm³/mol. The van der Waals surface area contributed by atoms with Gasteiger partial charge in [0.15, 0.2) is 6.10 Å². The summed E-state index contributed by atoms with van der Waals surface area (Å²) in [6, 6.07) is 0. The molecule has 0 amide bonds. The number of esters is 3. The molecule has 0 aromatic heterocycles. The minimum Gasteiger partial charge on any atom is -0.462 e. The highest BCUT2D eigenvalue weighted by molar-refractivity contribution is 5.71. The second-order valence-corrected chi connectivity index (χ2v) is 21.3. The Morgan fingerprint density at radius 3 is 0.818 bits per heavy atom. The number of allylic oxidation sites excluding steroid dienone is 18. The van der Waals surface area contributed by atoms with Gasteiger partial charge in [-0.3, -0.25) is 14.4 Å². The van der Waals surface area contributed by atoms with Crippen molar-refractivity contribution in [3.63, 3.8) is 0 Å². The van der Waals surface area contributed by atoms with E-state index in [0.29, 0.717) is 19.3 Å². The van der Waals surface area contributed by atoms with E-state index in [-0.39, 0.29) is 31.1 Å². The fraction of sp³-hybridized carbons (Fsp3) is 0.704. The normalized spacial score (nSPS) is 12.8. The molecule has 1 unspecified atom stereocenters. The maximum absolute atomic E-state index is 12.9. The fourth-order valence-corrected chi connectivity index (χ4v) is 8.95. The molecular formula is C71H120O6. The quantitative estimate of drug-likeness (QED) is 0.0261. The third kappa shape index (κ3) is 62.8. The maximum atomic E-state index is 12.9. The average Bonchev–Trinajstić information content (AvgIpc) is 3.43. The highest BCUT2D eigenvalue weighted by atomic mass is 16.6. The SMILES string of the molecule is CC/C=C\C/C=C\C/C=C\C/C=C\C/C=C\CCCCCCCCCCCCCC(=O)OCC(COC(=O)CCCCC/C=C\C/C=C\C/C=C\CC)OC(=O)CCCCCCCCCCC/C=C\CCCCCCCC. The Balaban J connectivity index is 4.32. The first-order valence-corrected chi connectivity index (χ1v) is 32.4. The largest absolute Gasteiger partial charge is 0.462 e. The lowest BCUT2D eigenvalue weighted by Crippen LogP contribution is -2.30. The van der Waals surface area contributed by atoms with Crippen molar-refractivity contribution in [2.45, 2.75) is 309 Å². The summed E-state index contributed by atoms with van der Waals surface area (Å²) in [6.07, 6.45) is 88.1. The molecule has 0 aromatic carbocycles. The smallest absolute Gasteiger partial charge is 0.306 e. The van der Waals surface area contributed by atoms with Gasteiger partial charge < -0.3 is 14.2 Å². The van der Waals surface area contributed by atoms with Crippen molar-refractivity contribution < 1.29 is 28.6 Å². The van der Waals surface area contributed by atoms with Crippen molar-refractivity contribution in [1.82, 2.24) is 0 Å². The molecule has 0 aliphatic heterocycles. The minimum absolute atomic E-state index is 0.0896. The molecule has 0 aliphatic rings. The van der Waals surface area contributed by atoms with Crippen molar-refractivity contribution >= 4 is 17.9 Å². The third-order valence-electron chi connectivity index (χ3n) is 13.7. The van der Waals surface area contributed by atoms with Gasteiger partial charge in [0.05, 0.1) is 0 Å². The number of ether oxygens (including phenoxy) is 3. The van der Waals surface area contributed by atoms with Crippen LogP contribution in [0.1, 0.15) is 303 Å². The molecule has 6 nitrogen and oxygen atoms in total. The minimum atomic E-state index is -0.794. The van der Waals surface area contributed by atoms with Crippen LogP contribution in [-0.2, 0) is 28.6 Å². The first-order valence-electron chi connectivity index (χ1n) is 32.4. The summed E-state index contributed by atoms with van der Waals surface area (Å²) in [5, 5.41) is 0. The molecule has 0 N–H and O–H groups in total. The van der Waals surface area contributed by atoms with Crippen molar-refractivity contribution in [3.8, 4) is 0 Å². The Bertz CT molecular complexity index is 1560. The van der Waals surface area contributed by atoms with Crippen LogP contribution in [0.25, 0.3) is 0 Å².